The van der Waals surface area contributed by atoms with Crippen LogP contribution in [-0.4, -0.2) is 15.9 Å². The number of hydrogen-bond acceptors (Lipinski definition) is 5. The fourth-order valence-corrected chi connectivity index (χ4v) is 2.29. The van der Waals surface area contributed by atoms with Crippen molar-refractivity contribution in [2.75, 3.05) is 0 Å². The Morgan fingerprint density at radius 1 is 1.33 bits per heavy atom. The molecule has 0 radical (unpaired) electrons. The zero-order valence-electron chi connectivity index (χ0n) is 9.54. The number of carbonyl (C=O) groups is 1. The van der Waals surface area contributed by atoms with Crippen LogP contribution < -0.4 is 11.3 Å². The predicted molar refractivity (Wildman–Crippen MR) is 69.7 cm³/mol. The van der Waals surface area contributed by atoms with Gasteiger partial charge in [-0.1, -0.05) is 18.2 Å². The van der Waals surface area contributed by atoms with E-state index >= 15 is 0 Å². The Hall–Kier alpha value is -1.92. The molecular weight excluding hydrogens is 248 g/mol. The third kappa shape index (κ3) is 3.06. The topological polar surface area (TPSA) is 80.9 Å². The molecule has 5 nitrogen and oxygen atoms in total. The van der Waals surface area contributed by atoms with E-state index < -0.39 is 0 Å². The van der Waals surface area contributed by atoms with Crippen LogP contribution in [0.25, 0.3) is 0 Å². The van der Waals surface area contributed by atoms with Crippen LogP contribution in [-0.2, 0) is 5.75 Å². The standard InChI is InChI=1S/C12H12N4OS/c13-16-12(17)10-4-2-1-3-9(10)7-18-11-5-6-14-8-15-11/h1-6,8H,7,13H2,(H,16,17). The Morgan fingerprint density at radius 3 is 2.89 bits per heavy atom. The van der Waals surface area contributed by atoms with Crippen LogP contribution in [0.2, 0.25) is 0 Å². The number of thioether (sulfide) groups is 1. The molecule has 0 unspecified atom stereocenters. The highest BCUT2D eigenvalue weighted by molar-refractivity contribution is 7.98. The second kappa shape index (κ2) is 6.13. The van der Waals surface area contributed by atoms with Crippen LogP contribution in [0.3, 0.4) is 0 Å². The molecule has 1 aromatic carbocycles. The molecule has 0 bridgehead atoms. The molecule has 0 aliphatic carbocycles. The minimum Gasteiger partial charge on any atom is -0.290 e. The summed E-state index contributed by atoms with van der Waals surface area (Å²) in [5.74, 6) is 5.52. The number of hydrazine groups is 1. The molecule has 6 heteroatoms. The molecule has 1 amide bonds. The molecule has 92 valence electrons. The van der Waals surface area contributed by atoms with E-state index in [-0.39, 0.29) is 5.91 Å². The van der Waals surface area contributed by atoms with Crippen LogP contribution in [0.5, 0.6) is 0 Å². The van der Waals surface area contributed by atoms with Gasteiger partial charge >= 0.3 is 0 Å². The lowest BCUT2D eigenvalue weighted by Crippen LogP contribution is -2.30. The maximum Gasteiger partial charge on any atom is 0.265 e. The molecule has 0 atom stereocenters. The first kappa shape index (κ1) is 12.5. The Bertz CT molecular complexity index is 533. The van der Waals surface area contributed by atoms with E-state index in [1.807, 2.05) is 24.3 Å². The molecule has 1 aromatic heterocycles. The highest BCUT2D eigenvalue weighted by atomic mass is 32.2. The second-order valence-corrected chi connectivity index (χ2v) is 4.46. The van der Waals surface area contributed by atoms with E-state index in [9.17, 15) is 4.79 Å². The number of nitrogens with zero attached hydrogens (tertiary/aromatic N) is 2. The summed E-state index contributed by atoms with van der Waals surface area (Å²) < 4.78 is 0. The van der Waals surface area contributed by atoms with Gasteiger partial charge in [0.15, 0.2) is 0 Å². The summed E-state index contributed by atoms with van der Waals surface area (Å²) in [4.78, 5) is 19.5. The normalized spacial score (nSPS) is 10.1. The summed E-state index contributed by atoms with van der Waals surface area (Å²) in [6.07, 6.45) is 3.19. The first-order valence-electron chi connectivity index (χ1n) is 5.29. The number of nitrogens with two attached hydrogens (primary N) is 1. The fourth-order valence-electron chi connectivity index (χ4n) is 1.46. The molecule has 2 aromatic rings. The van der Waals surface area contributed by atoms with E-state index in [0.717, 1.165) is 10.6 Å². The van der Waals surface area contributed by atoms with Gasteiger partial charge in [0, 0.05) is 17.5 Å². The van der Waals surface area contributed by atoms with Crippen molar-refractivity contribution in [1.29, 1.82) is 0 Å². The van der Waals surface area contributed by atoms with Gasteiger partial charge in [0.25, 0.3) is 5.91 Å². The zero-order valence-corrected chi connectivity index (χ0v) is 10.4. The molecule has 0 aliphatic rings. The van der Waals surface area contributed by atoms with Crippen molar-refractivity contribution in [3.8, 4) is 0 Å². The quantitative estimate of drug-likeness (QED) is 0.285. The van der Waals surface area contributed by atoms with Crippen molar-refractivity contribution in [2.45, 2.75) is 10.8 Å². The SMILES string of the molecule is NNC(=O)c1ccccc1CSc1ccncn1. The van der Waals surface area contributed by atoms with Crippen LogP contribution in [0, 0.1) is 0 Å². The van der Waals surface area contributed by atoms with Gasteiger partial charge in [-0.25, -0.2) is 15.8 Å². The fraction of sp³-hybridized carbons (Fsp3) is 0.0833. The Labute approximate surface area is 109 Å². The van der Waals surface area contributed by atoms with Crippen LogP contribution in [0.15, 0.2) is 47.9 Å². The van der Waals surface area contributed by atoms with Crippen LogP contribution in [0.4, 0.5) is 0 Å². The van der Waals surface area contributed by atoms with Crippen molar-refractivity contribution in [1.82, 2.24) is 15.4 Å². The number of rotatable bonds is 4. The highest BCUT2D eigenvalue weighted by Gasteiger charge is 2.09. The van der Waals surface area contributed by atoms with Crippen molar-refractivity contribution in [3.05, 3.63) is 54.0 Å². The Morgan fingerprint density at radius 2 is 2.17 bits per heavy atom. The average Bonchev–Trinajstić information content (AvgIpc) is 2.45. The predicted octanol–water partition coefficient (Wildman–Crippen LogP) is 1.37. The number of amides is 1. The third-order valence-corrected chi connectivity index (χ3v) is 3.32. The number of hydrogen-bond donors (Lipinski definition) is 2. The van der Waals surface area contributed by atoms with E-state index in [1.54, 1.807) is 24.0 Å². The van der Waals surface area contributed by atoms with Crippen LogP contribution >= 0.6 is 11.8 Å². The van der Waals surface area contributed by atoms with Crippen molar-refractivity contribution < 1.29 is 4.79 Å². The molecule has 0 saturated heterocycles. The molecular formula is C12H12N4OS. The average molecular weight is 260 g/mol. The van der Waals surface area contributed by atoms with Crippen molar-refractivity contribution in [2.24, 2.45) is 5.84 Å². The maximum absolute atomic E-state index is 11.6. The number of nitrogen functional groups attached to an aromatic ring is 1. The Balaban J connectivity index is 2.12. The lowest BCUT2D eigenvalue weighted by Gasteiger charge is -2.07. The van der Waals surface area contributed by atoms with Gasteiger partial charge in [0.05, 0.1) is 5.03 Å². The molecule has 0 spiro atoms. The maximum atomic E-state index is 11.6. The third-order valence-electron chi connectivity index (χ3n) is 2.32. The summed E-state index contributed by atoms with van der Waals surface area (Å²) in [6, 6.07) is 9.18. The summed E-state index contributed by atoms with van der Waals surface area (Å²) in [5, 5.41) is 0.868. The van der Waals surface area contributed by atoms with E-state index in [2.05, 4.69) is 15.4 Å². The van der Waals surface area contributed by atoms with Gasteiger partial charge in [-0.05, 0) is 17.7 Å². The van der Waals surface area contributed by atoms with Crippen molar-refractivity contribution >= 4 is 17.7 Å². The van der Waals surface area contributed by atoms with E-state index in [0.29, 0.717) is 11.3 Å². The lowest BCUT2D eigenvalue weighted by molar-refractivity contribution is 0.0953. The molecule has 0 saturated carbocycles. The zero-order chi connectivity index (χ0) is 12.8. The lowest BCUT2D eigenvalue weighted by atomic mass is 10.1. The summed E-state index contributed by atoms with van der Waals surface area (Å²) in [6.45, 7) is 0. The number of aromatic nitrogens is 2. The van der Waals surface area contributed by atoms with Gasteiger partial charge in [0.2, 0.25) is 0 Å². The number of nitrogens with one attached hydrogen (secondary N) is 1. The molecule has 0 aliphatic heterocycles. The first-order chi connectivity index (χ1) is 8.81. The minimum absolute atomic E-state index is 0.283. The molecule has 3 N–H and O–H groups in total. The Kier molecular flexibility index (Phi) is 4.27. The molecule has 1 heterocycles. The van der Waals surface area contributed by atoms with Crippen molar-refractivity contribution in [3.63, 3.8) is 0 Å². The van der Waals surface area contributed by atoms with Gasteiger partial charge in [0.1, 0.15) is 6.33 Å². The van der Waals surface area contributed by atoms with E-state index in [1.165, 1.54) is 6.33 Å². The first-order valence-corrected chi connectivity index (χ1v) is 6.27. The number of benzene rings is 1. The van der Waals surface area contributed by atoms with E-state index in [4.69, 9.17) is 5.84 Å². The second-order valence-electron chi connectivity index (χ2n) is 3.47. The summed E-state index contributed by atoms with van der Waals surface area (Å²) >= 11 is 1.54. The molecule has 2 rings (SSSR count). The monoisotopic (exact) mass is 260 g/mol. The van der Waals surface area contributed by atoms with Crippen LogP contribution in [0.1, 0.15) is 15.9 Å². The van der Waals surface area contributed by atoms with Gasteiger partial charge < -0.3 is 0 Å². The highest BCUT2D eigenvalue weighted by Crippen LogP contribution is 2.22. The van der Waals surface area contributed by atoms with Gasteiger partial charge in [-0.3, -0.25) is 10.2 Å². The summed E-state index contributed by atoms with van der Waals surface area (Å²) in [7, 11) is 0. The molecule has 18 heavy (non-hydrogen) atoms. The number of carbonyl (C=O) groups excluding carboxylic acids is 1. The summed E-state index contributed by atoms with van der Waals surface area (Å²) in [5.41, 5.74) is 3.65. The van der Waals surface area contributed by atoms with Gasteiger partial charge in [-0.15, -0.1) is 11.8 Å². The largest absolute Gasteiger partial charge is 0.290 e. The smallest absolute Gasteiger partial charge is 0.265 e. The minimum atomic E-state index is -0.283. The molecule has 0 fully saturated rings. The van der Waals surface area contributed by atoms with Gasteiger partial charge in [-0.2, -0.15) is 0 Å².